The van der Waals surface area contributed by atoms with E-state index in [4.69, 9.17) is 10.5 Å². The van der Waals surface area contributed by atoms with Crippen molar-refractivity contribution in [1.82, 2.24) is 9.97 Å². The van der Waals surface area contributed by atoms with Gasteiger partial charge in [0.15, 0.2) is 0 Å². The zero-order chi connectivity index (χ0) is 17.5. The summed E-state index contributed by atoms with van der Waals surface area (Å²) in [5.41, 5.74) is 0.353. The van der Waals surface area contributed by atoms with Gasteiger partial charge >= 0.3 is 5.69 Å². The van der Waals surface area contributed by atoms with Crippen molar-refractivity contribution in [2.24, 2.45) is 0 Å². The van der Waals surface area contributed by atoms with E-state index in [2.05, 4.69) is 9.97 Å². The summed E-state index contributed by atoms with van der Waals surface area (Å²) in [7, 11) is 1.65. The highest BCUT2D eigenvalue weighted by atomic mass is 16.6. The Bertz CT molecular complexity index is 795. The van der Waals surface area contributed by atoms with Crippen LogP contribution in [0.5, 0.6) is 0 Å². The van der Waals surface area contributed by atoms with Crippen LogP contribution in [0, 0.1) is 32.8 Å². The van der Waals surface area contributed by atoms with Crippen molar-refractivity contribution < 1.29 is 4.92 Å². The molecule has 120 valence electrons. The topological polar surface area (TPSA) is 123 Å². The fourth-order valence-electron chi connectivity index (χ4n) is 2.15. The molecule has 1 heterocycles. The maximum Gasteiger partial charge on any atom is 0.354 e. The zero-order valence-electron chi connectivity index (χ0n) is 12.8. The number of hydrogen-bond acceptors (Lipinski definition) is 8. The molecule has 0 aliphatic rings. The average molecular weight is 323 g/mol. The monoisotopic (exact) mass is 323 g/mol. The van der Waals surface area contributed by atoms with E-state index in [0.717, 1.165) is 0 Å². The first-order chi connectivity index (χ1) is 11.6. The second kappa shape index (κ2) is 7.51. The van der Waals surface area contributed by atoms with Gasteiger partial charge in [-0.05, 0) is 12.1 Å². The second-order valence-corrected chi connectivity index (χ2v) is 4.69. The van der Waals surface area contributed by atoms with Gasteiger partial charge in [0.05, 0.1) is 17.1 Å². The van der Waals surface area contributed by atoms with Gasteiger partial charge in [-0.3, -0.25) is 10.1 Å². The first kappa shape index (κ1) is 16.6. The summed E-state index contributed by atoms with van der Waals surface area (Å²) in [6, 6.07) is 12.8. The minimum absolute atomic E-state index is 0.0594. The summed E-state index contributed by atoms with van der Waals surface area (Å²) >= 11 is 0. The third kappa shape index (κ3) is 3.36. The van der Waals surface area contributed by atoms with Gasteiger partial charge in [0, 0.05) is 12.7 Å². The molecule has 0 spiro atoms. The lowest BCUT2D eigenvalue weighted by molar-refractivity contribution is -0.383. The van der Waals surface area contributed by atoms with Gasteiger partial charge in [-0.25, -0.2) is 9.97 Å². The van der Waals surface area contributed by atoms with Gasteiger partial charge in [0.2, 0.25) is 11.6 Å². The molecule has 0 aliphatic carbocycles. The number of aromatic nitrogens is 2. The predicted molar refractivity (Wildman–Crippen MR) is 86.6 cm³/mol. The van der Waals surface area contributed by atoms with E-state index in [-0.39, 0.29) is 30.4 Å². The Labute approximate surface area is 138 Å². The molecule has 0 fully saturated rings. The van der Waals surface area contributed by atoms with Gasteiger partial charge in [0.1, 0.15) is 19.4 Å². The Morgan fingerprint density at radius 2 is 1.71 bits per heavy atom. The standard InChI is InChI=1S/C15H13N7O2/c1-20(12-5-3-2-4-6-12)14-13(22(23)24)15(19-11-18-14)21(9-7-16)10-8-17/h2-6,11H,9-10H2,1H3. The van der Waals surface area contributed by atoms with Crippen LogP contribution < -0.4 is 9.80 Å². The van der Waals surface area contributed by atoms with E-state index in [9.17, 15) is 10.1 Å². The number of anilines is 3. The summed E-state index contributed by atoms with van der Waals surface area (Å²) in [6.45, 7) is -0.389. The van der Waals surface area contributed by atoms with Crippen LogP contribution in [0.4, 0.5) is 23.0 Å². The highest BCUT2D eigenvalue weighted by molar-refractivity contribution is 5.76. The molecule has 0 aliphatic heterocycles. The van der Waals surface area contributed by atoms with Crippen molar-refractivity contribution in [1.29, 1.82) is 10.5 Å². The van der Waals surface area contributed by atoms with E-state index < -0.39 is 4.92 Å². The number of nitro groups is 1. The number of para-hydroxylation sites is 1. The summed E-state index contributed by atoms with van der Waals surface area (Å²) in [6.07, 6.45) is 1.18. The molecule has 0 atom stereocenters. The number of nitrogens with zero attached hydrogens (tertiary/aromatic N) is 7. The highest BCUT2D eigenvalue weighted by Gasteiger charge is 2.29. The van der Waals surface area contributed by atoms with Crippen molar-refractivity contribution in [3.05, 3.63) is 46.8 Å². The minimum Gasteiger partial charge on any atom is -0.324 e. The normalized spacial score (nSPS) is 9.62. The first-order valence-corrected chi connectivity index (χ1v) is 6.87. The Morgan fingerprint density at radius 1 is 1.12 bits per heavy atom. The van der Waals surface area contributed by atoms with Gasteiger partial charge in [-0.15, -0.1) is 0 Å². The summed E-state index contributed by atoms with van der Waals surface area (Å²) in [5.74, 6) is 0.0213. The quantitative estimate of drug-likeness (QED) is 0.449. The van der Waals surface area contributed by atoms with Gasteiger partial charge in [-0.1, -0.05) is 18.2 Å². The molecular formula is C15H13N7O2. The Kier molecular flexibility index (Phi) is 5.21. The molecule has 9 nitrogen and oxygen atoms in total. The van der Waals surface area contributed by atoms with Crippen LogP contribution >= 0.6 is 0 Å². The van der Waals surface area contributed by atoms with E-state index >= 15 is 0 Å². The second-order valence-electron chi connectivity index (χ2n) is 4.69. The maximum atomic E-state index is 11.6. The molecule has 24 heavy (non-hydrogen) atoms. The van der Waals surface area contributed by atoms with Crippen LogP contribution in [0.1, 0.15) is 0 Å². The van der Waals surface area contributed by atoms with E-state index in [1.165, 1.54) is 11.2 Å². The molecule has 0 N–H and O–H groups in total. The van der Waals surface area contributed by atoms with E-state index in [1.54, 1.807) is 36.2 Å². The first-order valence-electron chi connectivity index (χ1n) is 6.87. The molecule has 0 unspecified atom stereocenters. The average Bonchev–Trinajstić information content (AvgIpc) is 2.61. The molecule has 2 rings (SSSR count). The molecule has 0 bridgehead atoms. The molecule has 0 radical (unpaired) electrons. The van der Waals surface area contributed by atoms with Gasteiger partial charge < -0.3 is 9.80 Å². The smallest absolute Gasteiger partial charge is 0.324 e. The molecule has 0 saturated heterocycles. The molecule has 9 heteroatoms. The zero-order valence-corrected chi connectivity index (χ0v) is 12.8. The number of rotatable bonds is 6. The number of nitriles is 2. The van der Waals surface area contributed by atoms with Crippen LogP contribution in [0.15, 0.2) is 36.7 Å². The van der Waals surface area contributed by atoms with Crippen LogP contribution in [0.25, 0.3) is 0 Å². The SMILES string of the molecule is CN(c1ccccc1)c1ncnc(N(CC#N)CC#N)c1[N+](=O)[O-]. The Balaban J connectivity index is 2.58. The summed E-state index contributed by atoms with van der Waals surface area (Å²) in [4.78, 5) is 21.7. The number of benzene rings is 1. The minimum atomic E-state index is -0.605. The molecule has 0 amide bonds. The third-order valence-corrected chi connectivity index (χ3v) is 3.25. The van der Waals surface area contributed by atoms with Gasteiger partial charge in [0.25, 0.3) is 0 Å². The molecule has 0 saturated carbocycles. The molecular weight excluding hydrogens is 310 g/mol. The lowest BCUT2D eigenvalue weighted by atomic mass is 10.3. The summed E-state index contributed by atoms with van der Waals surface area (Å²) < 4.78 is 0. The van der Waals surface area contributed by atoms with E-state index in [1.807, 2.05) is 18.2 Å². The lowest BCUT2D eigenvalue weighted by Gasteiger charge is -2.21. The van der Waals surface area contributed by atoms with Gasteiger partial charge in [-0.2, -0.15) is 10.5 Å². The van der Waals surface area contributed by atoms with Crippen LogP contribution in [-0.4, -0.2) is 35.0 Å². The van der Waals surface area contributed by atoms with Crippen LogP contribution in [0.2, 0.25) is 0 Å². The third-order valence-electron chi connectivity index (χ3n) is 3.25. The number of hydrogen-bond donors (Lipinski definition) is 0. The van der Waals surface area contributed by atoms with Crippen molar-refractivity contribution in [3.63, 3.8) is 0 Å². The van der Waals surface area contributed by atoms with Crippen LogP contribution in [0.3, 0.4) is 0 Å². The Morgan fingerprint density at radius 3 is 2.25 bits per heavy atom. The predicted octanol–water partition coefficient (Wildman–Crippen LogP) is 2.01. The lowest BCUT2D eigenvalue weighted by Crippen LogP contribution is -2.27. The molecule has 1 aromatic heterocycles. The largest absolute Gasteiger partial charge is 0.354 e. The van der Waals surface area contributed by atoms with Crippen LogP contribution in [-0.2, 0) is 0 Å². The Hall–Kier alpha value is -3.72. The van der Waals surface area contributed by atoms with Crippen molar-refractivity contribution in [3.8, 4) is 12.1 Å². The van der Waals surface area contributed by atoms with Crippen molar-refractivity contribution in [2.45, 2.75) is 0 Å². The van der Waals surface area contributed by atoms with E-state index in [0.29, 0.717) is 5.69 Å². The highest BCUT2D eigenvalue weighted by Crippen LogP contribution is 2.36. The molecule has 1 aromatic carbocycles. The van der Waals surface area contributed by atoms with Crippen molar-refractivity contribution in [2.75, 3.05) is 29.9 Å². The fourth-order valence-corrected chi connectivity index (χ4v) is 2.15. The molecule has 2 aromatic rings. The fraction of sp³-hybridized carbons (Fsp3) is 0.200. The maximum absolute atomic E-state index is 11.6. The summed E-state index contributed by atoms with van der Waals surface area (Å²) in [5, 5.41) is 29.4. The van der Waals surface area contributed by atoms with Crippen molar-refractivity contribution >= 4 is 23.0 Å².